The second-order valence-corrected chi connectivity index (χ2v) is 6.71. The number of nitrogens with one attached hydrogen (secondary N) is 1. The molecular formula is C14H18IN3S. The van der Waals surface area contributed by atoms with Gasteiger partial charge in [0.2, 0.25) is 0 Å². The SMILES string of the molecule is CCCc1nc(-c2ccc(C)s2)nc(NCC)c1I. The van der Waals surface area contributed by atoms with Gasteiger partial charge in [0, 0.05) is 11.4 Å². The van der Waals surface area contributed by atoms with E-state index in [0.29, 0.717) is 0 Å². The molecule has 0 aromatic carbocycles. The second-order valence-electron chi connectivity index (χ2n) is 4.35. The van der Waals surface area contributed by atoms with Crippen LogP contribution < -0.4 is 5.32 Å². The number of hydrogen-bond donors (Lipinski definition) is 1. The van der Waals surface area contributed by atoms with Crippen molar-refractivity contribution in [3.8, 4) is 10.7 Å². The third-order valence-electron chi connectivity index (χ3n) is 2.71. The molecule has 0 amide bonds. The third kappa shape index (κ3) is 3.45. The molecule has 0 aliphatic rings. The molecule has 0 fully saturated rings. The van der Waals surface area contributed by atoms with Crippen LogP contribution >= 0.6 is 33.9 Å². The number of rotatable bonds is 5. The van der Waals surface area contributed by atoms with E-state index >= 15 is 0 Å². The van der Waals surface area contributed by atoms with Gasteiger partial charge in [0.15, 0.2) is 5.82 Å². The zero-order chi connectivity index (χ0) is 13.8. The maximum absolute atomic E-state index is 4.74. The van der Waals surface area contributed by atoms with Gasteiger partial charge in [-0.2, -0.15) is 0 Å². The van der Waals surface area contributed by atoms with Gasteiger partial charge in [-0.3, -0.25) is 0 Å². The van der Waals surface area contributed by atoms with Crippen molar-refractivity contribution in [3.05, 3.63) is 26.3 Å². The summed E-state index contributed by atoms with van der Waals surface area (Å²) in [5, 5.41) is 3.34. The van der Waals surface area contributed by atoms with Crippen molar-refractivity contribution >= 4 is 39.7 Å². The van der Waals surface area contributed by atoms with Crippen LogP contribution in [0.4, 0.5) is 5.82 Å². The first kappa shape index (κ1) is 14.7. The Bertz CT molecular complexity index is 539. The lowest BCUT2D eigenvalue weighted by atomic mass is 10.2. The number of aryl methyl sites for hydroxylation is 2. The highest BCUT2D eigenvalue weighted by atomic mass is 127. The lowest BCUT2D eigenvalue weighted by Gasteiger charge is -2.11. The van der Waals surface area contributed by atoms with E-state index in [1.807, 2.05) is 0 Å². The minimum Gasteiger partial charge on any atom is -0.369 e. The van der Waals surface area contributed by atoms with Crippen molar-refractivity contribution in [1.29, 1.82) is 0 Å². The summed E-state index contributed by atoms with van der Waals surface area (Å²) in [7, 11) is 0. The Balaban J connectivity index is 2.48. The number of halogens is 1. The normalized spacial score (nSPS) is 10.7. The van der Waals surface area contributed by atoms with Crippen LogP contribution in [-0.2, 0) is 6.42 Å². The fourth-order valence-electron chi connectivity index (χ4n) is 1.85. The predicted molar refractivity (Wildman–Crippen MR) is 91.0 cm³/mol. The van der Waals surface area contributed by atoms with Crippen LogP contribution in [0.5, 0.6) is 0 Å². The van der Waals surface area contributed by atoms with Crippen LogP contribution in [0.1, 0.15) is 30.8 Å². The molecule has 3 nitrogen and oxygen atoms in total. The minimum atomic E-state index is 0.845. The monoisotopic (exact) mass is 387 g/mol. The average Bonchev–Trinajstić information content (AvgIpc) is 2.81. The maximum Gasteiger partial charge on any atom is 0.171 e. The highest BCUT2D eigenvalue weighted by Crippen LogP contribution is 2.29. The van der Waals surface area contributed by atoms with E-state index in [9.17, 15) is 0 Å². The zero-order valence-electron chi connectivity index (χ0n) is 11.5. The quantitative estimate of drug-likeness (QED) is 0.768. The highest BCUT2D eigenvalue weighted by Gasteiger charge is 2.13. The van der Waals surface area contributed by atoms with Crippen molar-refractivity contribution in [3.63, 3.8) is 0 Å². The summed E-state index contributed by atoms with van der Waals surface area (Å²) in [4.78, 5) is 11.8. The molecular weight excluding hydrogens is 369 g/mol. The molecule has 2 aromatic rings. The molecule has 1 N–H and O–H groups in total. The Morgan fingerprint density at radius 2 is 2.05 bits per heavy atom. The summed E-state index contributed by atoms with van der Waals surface area (Å²) in [6, 6.07) is 4.22. The van der Waals surface area contributed by atoms with Gasteiger partial charge in [-0.05, 0) is 55.0 Å². The molecule has 0 aliphatic heterocycles. The van der Waals surface area contributed by atoms with Crippen molar-refractivity contribution in [2.24, 2.45) is 0 Å². The summed E-state index contributed by atoms with van der Waals surface area (Å²) in [6.07, 6.45) is 2.10. The summed E-state index contributed by atoms with van der Waals surface area (Å²) in [6.45, 7) is 7.26. The summed E-state index contributed by atoms with van der Waals surface area (Å²) >= 11 is 4.09. The molecule has 0 radical (unpaired) electrons. The molecule has 0 unspecified atom stereocenters. The van der Waals surface area contributed by atoms with Crippen molar-refractivity contribution < 1.29 is 0 Å². The fourth-order valence-corrected chi connectivity index (χ4v) is 3.35. The molecule has 0 aliphatic carbocycles. The van der Waals surface area contributed by atoms with Gasteiger partial charge in [-0.15, -0.1) is 11.3 Å². The van der Waals surface area contributed by atoms with E-state index in [1.54, 1.807) is 11.3 Å². The van der Waals surface area contributed by atoms with Crippen LogP contribution in [0.3, 0.4) is 0 Å². The van der Waals surface area contributed by atoms with E-state index in [4.69, 9.17) is 4.98 Å². The summed E-state index contributed by atoms with van der Waals surface area (Å²) < 4.78 is 1.15. The summed E-state index contributed by atoms with van der Waals surface area (Å²) in [5.74, 6) is 1.81. The first-order chi connectivity index (χ1) is 9.15. The van der Waals surface area contributed by atoms with Crippen LogP contribution in [0.15, 0.2) is 12.1 Å². The van der Waals surface area contributed by atoms with Gasteiger partial charge < -0.3 is 5.32 Å². The lowest BCUT2D eigenvalue weighted by Crippen LogP contribution is -2.07. The molecule has 2 aromatic heterocycles. The molecule has 0 atom stereocenters. The van der Waals surface area contributed by atoms with E-state index < -0.39 is 0 Å². The highest BCUT2D eigenvalue weighted by molar-refractivity contribution is 14.1. The Hall–Kier alpha value is -0.690. The summed E-state index contributed by atoms with van der Waals surface area (Å²) in [5.41, 5.74) is 1.15. The smallest absolute Gasteiger partial charge is 0.171 e. The van der Waals surface area contributed by atoms with E-state index in [-0.39, 0.29) is 0 Å². The number of thiophene rings is 1. The molecule has 19 heavy (non-hydrogen) atoms. The van der Waals surface area contributed by atoms with Gasteiger partial charge in [-0.1, -0.05) is 13.3 Å². The standard InChI is InChI=1S/C14H18IN3S/c1-4-6-10-12(15)14(16-5-2)18-13(17-10)11-8-7-9(3)19-11/h7-8H,4-6H2,1-3H3,(H,16,17,18). The van der Waals surface area contributed by atoms with Crippen LogP contribution in [0, 0.1) is 10.5 Å². The maximum atomic E-state index is 4.74. The molecule has 0 bridgehead atoms. The largest absolute Gasteiger partial charge is 0.369 e. The predicted octanol–water partition coefficient (Wildman–Crippen LogP) is 4.50. The van der Waals surface area contributed by atoms with Gasteiger partial charge in [0.25, 0.3) is 0 Å². The van der Waals surface area contributed by atoms with Crippen LogP contribution in [0.25, 0.3) is 10.7 Å². The van der Waals surface area contributed by atoms with Crippen molar-refractivity contribution in [1.82, 2.24) is 9.97 Å². The average molecular weight is 387 g/mol. The molecule has 0 spiro atoms. The van der Waals surface area contributed by atoms with Gasteiger partial charge >= 0.3 is 0 Å². The van der Waals surface area contributed by atoms with Gasteiger partial charge in [0.05, 0.1) is 14.1 Å². The van der Waals surface area contributed by atoms with Crippen molar-refractivity contribution in [2.45, 2.75) is 33.6 Å². The molecule has 102 valence electrons. The van der Waals surface area contributed by atoms with E-state index in [1.165, 1.54) is 4.88 Å². The first-order valence-electron chi connectivity index (χ1n) is 6.52. The number of nitrogens with zero attached hydrogens (tertiary/aromatic N) is 2. The zero-order valence-corrected chi connectivity index (χ0v) is 14.4. The molecule has 2 heterocycles. The number of hydrogen-bond acceptors (Lipinski definition) is 4. The topological polar surface area (TPSA) is 37.8 Å². The van der Waals surface area contributed by atoms with E-state index in [0.717, 1.165) is 45.2 Å². The van der Waals surface area contributed by atoms with Crippen molar-refractivity contribution in [2.75, 3.05) is 11.9 Å². The minimum absolute atomic E-state index is 0.845. The molecule has 0 saturated carbocycles. The van der Waals surface area contributed by atoms with Gasteiger partial charge in [0.1, 0.15) is 5.82 Å². The van der Waals surface area contributed by atoms with E-state index in [2.05, 4.69) is 65.8 Å². The second kappa shape index (κ2) is 6.65. The molecule has 0 saturated heterocycles. The third-order valence-corrected chi connectivity index (χ3v) is 4.84. The Morgan fingerprint density at radius 1 is 1.26 bits per heavy atom. The lowest BCUT2D eigenvalue weighted by molar-refractivity contribution is 0.867. The Labute approximate surface area is 132 Å². The van der Waals surface area contributed by atoms with Crippen LogP contribution in [-0.4, -0.2) is 16.5 Å². The number of anilines is 1. The molecule has 5 heteroatoms. The van der Waals surface area contributed by atoms with Gasteiger partial charge in [-0.25, -0.2) is 9.97 Å². The molecule has 2 rings (SSSR count). The van der Waals surface area contributed by atoms with Crippen LogP contribution in [0.2, 0.25) is 0 Å². The first-order valence-corrected chi connectivity index (χ1v) is 8.42. The Morgan fingerprint density at radius 3 is 2.63 bits per heavy atom. The Kier molecular flexibility index (Phi) is 5.15. The number of aromatic nitrogens is 2. The fraction of sp³-hybridized carbons (Fsp3) is 0.429.